The van der Waals surface area contributed by atoms with Crippen LogP contribution in [0.3, 0.4) is 0 Å². The lowest BCUT2D eigenvalue weighted by Gasteiger charge is -2.14. The van der Waals surface area contributed by atoms with Gasteiger partial charge in [-0.3, -0.25) is 14.2 Å². The summed E-state index contributed by atoms with van der Waals surface area (Å²) in [4.78, 5) is 24.7. The first-order valence-electron chi connectivity index (χ1n) is 11.4. The molecule has 0 aliphatic rings. The molecule has 1 aromatic heterocycles. The van der Waals surface area contributed by atoms with Crippen molar-refractivity contribution in [3.63, 3.8) is 0 Å². The Hall–Kier alpha value is -4.39. The predicted molar refractivity (Wildman–Crippen MR) is 136 cm³/mol. The highest BCUT2D eigenvalue weighted by Gasteiger charge is 2.31. The quantitative estimate of drug-likeness (QED) is 0.213. The average Bonchev–Trinajstić information content (AvgIpc) is 3.34. The number of ether oxygens (including phenoxy) is 1. The van der Waals surface area contributed by atoms with E-state index in [1.165, 1.54) is 41.0 Å². The number of halogens is 4. The van der Waals surface area contributed by atoms with Crippen LogP contribution in [0.1, 0.15) is 11.4 Å². The van der Waals surface area contributed by atoms with Crippen LogP contribution in [0.25, 0.3) is 5.69 Å². The van der Waals surface area contributed by atoms with Crippen LogP contribution in [0.4, 0.5) is 23.2 Å². The zero-order valence-electron chi connectivity index (χ0n) is 20.1. The first kappa shape index (κ1) is 27.6. The maximum atomic E-state index is 13.4. The number of rotatable bonds is 10. The summed E-state index contributed by atoms with van der Waals surface area (Å²) >= 11 is 0.933. The lowest BCUT2D eigenvalue weighted by Crippen LogP contribution is -2.29. The predicted octanol–water partition coefficient (Wildman–Crippen LogP) is 4.85. The highest BCUT2D eigenvalue weighted by molar-refractivity contribution is 7.99. The zero-order chi connectivity index (χ0) is 27.8. The summed E-state index contributed by atoms with van der Waals surface area (Å²) in [7, 11) is 0. The van der Waals surface area contributed by atoms with E-state index in [0.717, 1.165) is 23.9 Å². The number of benzene rings is 3. The van der Waals surface area contributed by atoms with Gasteiger partial charge in [0.1, 0.15) is 11.6 Å². The Labute approximate surface area is 224 Å². The molecule has 0 fully saturated rings. The van der Waals surface area contributed by atoms with Gasteiger partial charge in [-0.15, -0.1) is 10.2 Å². The van der Waals surface area contributed by atoms with E-state index in [-0.39, 0.29) is 35.6 Å². The van der Waals surface area contributed by atoms with Gasteiger partial charge in [0.05, 0.1) is 23.5 Å². The van der Waals surface area contributed by atoms with Gasteiger partial charge in [-0.1, -0.05) is 36.0 Å². The molecule has 2 amide bonds. The van der Waals surface area contributed by atoms with Crippen LogP contribution in [0.15, 0.2) is 84.0 Å². The lowest BCUT2D eigenvalue weighted by atomic mass is 10.2. The molecule has 0 saturated carbocycles. The highest BCUT2D eigenvalue weighted by atomic mass is 32.2. The van der Waals surface area contributed by atoms with Crippen molar-refractivity contribution < 1.29 is 31.9 Å². The number of amides is 2. The first-order valence-corrected chi connectivity index (χ1v) is 12.4. The van der Waals surface area contributed by atoms with E-state index in [9.17, 15) is 27.2 Å². The first-order chi connectivity index (χ1) is 18.7. The second-order valence-corrected chi connectivity index (χ2v) is 8.95. The molecule has 4 rings (SSSR count). The van der Waals surface area contributed by atoms with E-state index in [4.69, 9.17) is 4.74 Å². The van der Waals surface area contributed by atoms with Crippen LogP contribution in [-0.4, -0.2) is 38.9 Å². The van der Waals surface area contributed by atoms with Crippen molar-refractivity contribution in [2.24, 2.45) is 0 Å². The molecular weight excluding hydrogens is 538 g/mol. The smallest absolute Gasteiger partial charge is 0.416 e. The number of nitrogens with zero attached hydrogens (tertiary/aromatic N) is 3. The van der Waals surface area contributed by atoms with Gasteiger partial charge >= 0.3 is 6.18 Å². The third-order valence-corrected chi connectivity index (χ3v) is 6.08. The van der Waals surface area contributed by atoms with Crippen LogP contribution >= 0.6 is 11.8 Å². The van der Waals surface area contributed by atoms with Crippen molar-refractivity contribution in [3.05, 3.63) is 96.1 Å². The fraction of sp³-hybridized carbons (Fsp3) is 0.154. The normalized spacial score (nSPS) is 11.2. The van der Waals surface area contributed by atoms with E-state index in [2.05, 4.69) is 20.8 Å². The van der Waals surface area contributed by atoms with Gasteiger partial charge in [-0.25, -0.2) is 4.39 Å². The molecule has 0 saturated heterocycles. The number of thioether (sulfide) groups is 1. The standard InChI is InChI=1S/C26H21F4N5O3S/c27-18-9-11-19(12-10-18)32-24(37)16-39-25-34-33-22(14-31-23(36)15-38-21-7-2-1-3-8-21)35(25)20-6-4-5-17(13-20)26(28,29)30/h1-13H,14-16H2,(H,31,36)(H,32,37). The lowest BCUT2D eigenvalue weighted by molar-refractivity contribution is -0.137. The Morgan fingerprint density at radius 3 is 2.38 bits per heavy atom. The van der Waals surface area contributed by atoms with Gasteiger partial charge in [-0.2, -0.15) is 13.2 Å². The number of carbonyl (C=O) groups is 2. The highest BCUT2D eigenvalue weighted by Crippen LogP contribution is 2.31. The number of alkyl halides is 3. The third-order valence-electron chi connectivity index (χ3n) is 5.15. The van der Waals surface area contributed by atoms with Crippen molar-refractivity contribution in [1.82, 2.24) is 20.1 Å². The van der Waals surface area contributed by atoms with E-state index < -0.39 is 29.4 Å². The largest absolute Gasteiger partial charge is 0.484 e. The Bertz CT molecular complexity index is 1430. The van der Waals surface area contributed by atoms with Crippen molar-refractivity contribution in [2.75, 3.05) is 17.7 Å². The zero-order valence-corrected chi connectivity index (χ0v) is 20.9. The number of hydrogen-bond acceptors (Lipinski definition) is 6. The molecule has 0 spiro atoms. The topological polar surface area (TPSA) is 98.1 Å². The number of anilines is 1. The van der Waals surface area contributed by atoms with Crippen LogP contribution in [0.5, 0.6) is 5.75 Å². The molecule has 4 aromatic rings. The summed E-state index contributed by atoms with van der Waals surface area (Å²) in [6, 6.07) is 18.4. The van der Waals surface area contributed by atoms with E-state index in [0.29, 0.717) is 11.4 Å². The molecule has 3 aromatic carbocycles. The van der Waals surface area contributed by atoms with Crippen LogP contribution < -0.4 is 15.4 Å². The monoisotopic (exact) mass is 559 g/mol. The van der Waals surface area contributed by atoms with Gasteiger partial charge in [-0.05, 0) is 54.6 Å². The van der Waals surface area contributed by atoms with Crippen molar-refractivity contribution in [1.29, 1.82) is 0 Å². The van der Waals surface area contributed by atoms with Crippen molar-refractivity contribution >= 4 is 29.3 Å². The molecule has 0 bridgehead atoms. The molecule has 8 nitrogen and oxygen atoms in total. The number of para-hydroxylation sites is 1. The summed E-state index contributed by atoms with van der Waals surface area (Å²) in [5.74, 6) is -0.904. The van der Waals surface area contributed by atoms with Gasteiger partial charge in [0.2, 0.25) is 5.91 Å². The molecule has 0 atom stereocenters. The fourth-order valence-corrected chi connectivity index (χ4v) is 4.11. The maximum Gasteiger partial charge on any atom is 0.416 e. The van der Waals surface area contributed by atoms with Crippen molar-refractivity contribution in [3.8, 4) is 11.4 Å². The van der Waals surface area contributed by atoms with Crippen LogP contribution in [-0.2, 0) is 22.3 Å². The van der Waals surface area contributed by atoms with Crippen LogP contribution in [0.2, 0.25) is 0 Å². The summed E-state index contributed by atoms with van der Waals surface area (Å²) in [5.41, 5.74) is -0.409. The average molecular weight is 560 g/mol. The molecule has 1 heterocycles. The number of carbonyl (C=O) groups excluding carboxylic acids is 2. The minimum absolute atomic E-state index is 0.0982. The molecule has 13 heteroatoms. The number of aromatic nitrogens is 3. The van der Waals surface area contributed by atoms with Gasteiger partial charge in [0.25, 0.3) is 5.91 Å². The minimum Gasteiger partial charge on any atom is -0.484 e. The van der Waals surface area contributed by atoms with Crippen LogP contribution in [0, 0.1) is 5.82 Å². The molecular formula is C26H21F4N5O3S. The Balaban J connectivity index is 1.49. The second-order valence-electron chi connectivity index (χ2n) is 8.00. The molecule has 39 heavy (non-hydrogen) atoms. The number of nitrogens with one attached hydrogen (secondary N) is 2. The van der Waals surface area contributed by atoms with Gasteiger partial charge in [0, 0.05) is 5.69 Å². The summed E-state index contributed by atoms with van der Waals surface area (Å²) in [6.45, 7) is -0.449. The summed E-state index contributed by atoms with van der Waals surface area (Å²) in [5, 5.41) is 13.4. The summed E-state index contributed by atoms with van der Waals surface area (Å²) < 4.78 is 60.0. The van der Waals surface area contributed by atoms with Gasteiger partial charge in [0.15, 0.2) is 17.6 Å². The minimum atomic E-state index is -4.59. The third kappa shape index (κ3) is 7.80. The molecule has 2 N–H and O–H groups in total. The van der Waals surface area contributed by atoms with Gasteiger partial charge < -0.3 is 15.4 Å². The number of hydrogen-bond donors (Lipinski definition) is 2. The van der Waals surface area contributed by atoms with E-state index >= 15 is 0 Å². The van der Waals surface area contributed by atoms with Crippen molar-refractivity contribution in [2.45, 2.75) is 17.9 Å². The fourth-order valence-electron chi connectivity index (χ4n) is 3.34. The molecule has 0 unspecified atom stereocenters. The second kappa shape index (κ2) is 12.4. The molecule has 202 valence electrons. The van der Waals surface area contributed by atoms with E-state index in [1.54, 1.807) is 30.3 Å². The molecule has 0 radical (unpaired) electrons. The maximum absolute atomic E-state index is 13.4. The van der Waals surface area contributed by atoms with E-state index in [1.807, 2.05) is 0 Å². The SMILES string of the molecule is O=C(COc1ccccc1)NCc1nnc(SCC(=O)Nc2ccc(F)cc2)n1-c1cccc(C(F)(F)F)c1. The molecule has 0 aliphatic carbocycles. The Morgan fingerprint density at radius 2 is 1.67 bits per heavy atom. The Kier molecular flexibility index (Phi) is 8.81. The summed E-state index contributed by atoms with van der Waals surface area (Å²) in [6.07, 6.45) is -4.59. The Morgan fingerprint density at radius 1 is 0.923 bits per heavy atom. The molecule has 0 aliphatic heterocycles.